The predicted molar refractivity (Wildman–Crippen MR) is 154 cm³/mol. The minimum absolute atomic E-state index is 0.0286. The molecule has 0 radical (unpaired) electrons. The fourth-order valence-corrected chi connectivity index (χ4v) is 5.86. The van der Waals surface area contributed by atoms with Crippen molar-refractivity contribution in [3.8, 4) is 11.1 Å². The molecule has 236 valence electrons. The van der Waals surface area contributed by atoms with E-state index in [2.05, 4.69) is 20.3 Å². The third-order valence-electron chi connectivity index (χ3n) is 7.59. The SMILES string of the molecule is CN([C@@H]1CCN(c2cc(F)c(-c3cnc(N4CCOCC4)nc3)cc2NC(=O)c2c[nH]c(=O)cc2C(F)(F)F)C1)S(C)(=O)=O. The smallest absolute Gasteiger partial charge is 0.378 e. The van der Waals surface area contributed by atoms with Gasteiger partial charge in [0.05, 0.1) is 42.0 Å². The Morgan fingerprint density at radius 3 is 2.43 bits per heavy atom. The number of likely N-dealkylation sites (N-methyl/N-ethyl adjacent to an activating group) is 1. The fourth-order valence-electron chi connectivity index (χ4n) is 5.14. The lowest BCUT2D eigenvalue weighted by Crippen LogP contribution is -2.38. The van der Waals surface area contributed by atoms with Gasteiger partial charge in [0.15, 0.2) is 0 Å². The van der Waals surface area contributed by atoms with Crippen LogP contribution >= 0.6 is 0 Å². The first-order valence-electron chi connectivity index (χ1n) is 13.5. The quantitative estimate of drug-likeness (QED) is 0.373. The van der Waals surface area contributed by atoms with Gasteiger partial charge in [-0.25, -0.2) is 27.1 Å². The summed E-state index contributed by atoms with van der Waals surface area (Å²) in [6.45, 7) is 2.58. The Morgan fingerprint density at radius 1 is 1.11 bits per heavy atom. The van der Waals surface area contributed by atoms with Crippen LogP contribution in [-0.4, -0.2) is 92.3 Å². The van der Waals surface area contributed by atoms with Crippen molar-refractivity contribution in [3.05, 3.63) is 64.1 Å². The van der Waals surface area contributed by atoms with Crippen molar-refractivity contribution < 1.29 is 35.5 Å². The van der Waals surface area contributed by atoms with Crippen LogP contribution in [0.3, 0.4) is 0 Å². The van der Waals surface area contributed by atoms with Gasteiger partial charge >= 0.3 is 6.18 Å². The van der Waals surface area contributed by atoms with E-state index in [9.17, 15) is 31.2 Å². The first-order valence-corrected chi connectivity index (χ1v) is 15.3. The summed E-state index contributed by atoms with van der Waals surface area (Å²) in [6.07, 6.45) is -0.0956. The lowest BCUT2D eigenvalue weighted by Gasteiger charge is -2.27. The average Bonchev–Trinajstić information content (AvgIpc) is 3.47. The Balaban J connectivity index is 1.53. The summed E-state index contributed by atoms with van der Waals surface area (Å²) >= 11 is 0. The molecule has 0 aliphatic carbocycles. The van der Waals surface area contributed by atoms with Crippen molar-refractivity contribution in [2.75, 3.05) is 67.8 Å². The molecule has 5 rings (SSSR count). The number of carbonyl (C=O) groups is 1. The van der Waals surface area contributed by atoms with E-state index in [-0.39, 0.29) is 41.7 Å². The van der Waals surface area contributed by atoms with Gasteiger partial charge < -0.3 is 24.8 Å². The van der Waals surface area contributed by atoms with E-state index in [0.717, 1.165) is 12.3 Å². The second-order valence-corrected chi connectivity index (χ2v) is 12.5. The summed E-state index contributed by atoms with van der Waals surface area (Å²) in [5.74, 6) is -1.51. The molecule has 2 aliphatic heterocycles. The summed E-state index contributed by atoms with van der Waals surface area (Å²) < 4.78 is 87.5. The van der Waals surface area contributed by atoms with Gasteiger partial charge in [0.1, 0.15) is 5.82 Å². The van der Waals surface area contributed by atoms with Crippen molar-refractivity contribution >= 4 is 33.3 Å². The first-order chi connectivity index (χ1) is 20.7. The number of ether oxygens (including phenoxy) is 1. The highest BCUT2D eigenvalue weighted by Crippen LogP contribution is 2.37. The van der Waals surface area contributed by atoms with E-state index in [0.29, 0.717) is 44.9 Å². The topological polar surface area (TPSA) is 141 Å². The van der Waals surface area contributed by atoms with E-state index in [4.69, 9.17) is 4.74 Å². The number of sulfonamides is 1. The van der Waals surface area contributed by atoms with Crippen LogP contribution in [0.15, 0.2) is 41.6 Å². The number of rotatable bonds is 7. The monoisotopic (exact) mass is 639 g/mol. The zero-order valence-electron chi connectivity index (χ0n) is 23.7. The van der Waals surface area contributed by atoms with Crippen LogP contribution in [0.4, 0.5) is 34.9 Å². The molecule has 12 nitrogen and oxygen atoms in total. The summed E-state index contributed by atoms with van der Waals surface area (Å²) in [6, 6.07) is 2.21. The Labute approximate surface area is 249 Å². The third-order valence-corrected chi connectivity index (χ3v) is 8.94. The van der Waals surface area contributed by atoms with Gasteiger partial charge in [0.2, 0.25) is 21.5 Å². The van der Waals surface area contributed by atoms with E-state index in [1.54, 1.807) is 4.90 Å². The van der Waals surface area contributed by atoms with Gasteiger partial charge in [-0.1, -0.05) is 0 Å². The van der Waals surface area contributed by atoms with Crippen molar-refractivity contribution in [3.63, 3.8) is 0 Å². The normalized spacial score (nSPS) is 17.8. The summed E-state index contributed by atoms with van der Waals surface area (Å²) in [5.41, 5.74) is -3.01. The number of anilines is 3. The van der Waals surface area contributed by atoms with Crippen LogP contribution in [0.1, 0.15) is 22.3 Å². The highest BCUT2D eigenvalue weighted by atomic mass is 32.2. The second kappa shape index (κ2) is 12.1. The number of hydrogen-bond acceptors (Lipinski definition) is 9. The zero-order valence-corrected chi connectivity index (χ0v) is 24.5. The number of hydrogen-bond donors (Lipinski definition) is 2. The van der Waals surface area contributed by atoms with Crippen molar-refractivity contribution in [2.45, 2.75) is 18.6 Å². The maximum atomic E-state index is 15.7. The number of carbonyl (C=O) groups excluding carboxylic acids is 1. The number of nitrogens with zero attached hydrogens (tertiary/aromatic N) is 5. The molecule has 17 heteroatoms. The molecular formula is C27H29F4N7O5S. The molecule has 2 aromatic heterocycles. The van der Waals surface area contributed by atoms with E-state index in [1.165, 1.54) is 29.8 Å². The average molecular weight is 640 g/mol. The van der Waals surface area contributed by atoms with Crippen LogP contribution < -0.4 is 20.7 Å². The number of amides is 1. The van der Waals surface area contributed by atoms with Crippen LogP contribution in [0, 0.1) is 5.82 Å². The van der Waals surface area contributed by atoms with Gasteiger partial charge in [-0.2, -0.15) is 13.2 Å². The number of aromatic amines is 1. The molecule has 1 amide bonds. The molecule has 0 spiro atoms. The van der Waals surface area contributed by atoms with Crippen molar-refractivity contribution in [1.82, 2.24) is 19.3 Å². The highest BCUT2D eigenvalue weighted by Gasteiger charge is 2.37. The minimum atomic E-state index is -5.00. The molecule has 2 saturated heterocycles. The molecule has 2 N–H and O–H groups in total. The molecule has 0 saturated carbocycles. The van der Waals surface area contributed by atoms with Crippen LogP contribution in [-0.2, 0) is 20.9 Å². The molecule has 2 fully saturated rings. The number of H-pyrrole nitrogens is 1. The molecule has 0 bridgehead atoms. The highest BCUT2D eigenvalue weighted by molar-refractivity contribution is 7.88. The van der Waals surface area contributed by atoms with Crippen LogP contribution in [0.5, 0.6) is 0 Å². The zero-order chi connectivity index (χ0) is 31.8. The minimum Gasteiger partial charge on any atom is -0.378 e. The van der Waals surface area contributed by atoms with E-state index in [1.807, 2.05) is 4.90 Å². The van der Waals surface area contributed by atoms with Crippen LogP contribution in [0.2, 0.25) is 0 Å². The summed E-state index contributed by atoms with van der Waals surface area (Å²) in [7, 11) is -2.12. The second-order valence-electron chi connectivity index (χ2n) is 10.5. The Morgan fingerprint density at radius 2 is 1.80 bits per heavy atom. The van der Waals surface area contributed by atoms with Gasteiger partial charge in [0, 0.05) is 75.1 Å². The molecule has 2 aliphatic rings. The number of halogens is 4. The molecule has 4 heterocycles. The van der Waals surface area contributed by atoms with Crippen molar-refractivity contribution in [1.29, 1.82) is 0 Å². The first kappa shape index (κ1) is 31.3. The number of morpholine rings is 1. The number of pyridine rings is 1. The number of alkyl halides is 3. The predicted octanol–water partition coefficient (Wildman–Crippen LogP) is 2.55. The molecule has 1 aromatic carbocycles. The van der Waals surface area contributed by atoms with Crippen molar-refractivity contribution in [2.24, 2.45) is 0 Å². The largest absolute Gasteiger partial charge is 0.417 e. The maximum absolute atomic E-state index is 15.7. The third kappa shape index (κ3) is 6.68. The summed E-state index contributed by atoms with van der Waals surface area (Å²) in [4.78, 5) is 39.1. The fraction of sp³-hybridized carbons (Fsp3) is 0.407. The van der Waals surface area contributed by atoms with Gasteiger partial charge in [-0.05, 0) is 18.6 Å². The standard InChI is InChI=1S/C27H29F4N7O5S/c1-36(44(2,41)42)17-3-4-38(15-17)23-11-21(28)18(16-12-33-26(34-13-16)37-5-7-43-8-6-37)9-22(23)35-25(40)19-14-32-24(39)10-20(19)27(29,30)31/h9-14,17H,3-8,15H2,1-2H3,(H,32,39)(H,35,40)/t17-/m1/s1. The Hall–Kier alpha value is -4.09. The van der Waals surface area contributed by atoms with Gasteiger partial charge in [0.25, 0.3) is 5.91 Å². The number of nitrogens with one attached hydrogen (secondary N) is 2. The van der Waals surface area contributed by atoms with Gasteiger partial charge in [-0.3, -0.25) is 9.59 Å². The molecule has 0 unspecified atom stereocenters. The van der Waals surface area contributed by atoms with Gasteiger partial charge in [-0.15, -0.1) is 0 Å². The molecular weight excluding hydrogens is 610 g/mol. The molecule has 3 aromatic rings. The van der Waals surface area contributed by atoms with E-state index >= 15 is 4.39 Å². The van der Waals surface area contributed by atoms with E-state index < -0.39 is 50.7 Å². The lowest BCUT2D eigenvalue weighted by atomic mass is 10.0. The Kier molecular flexibility index (Phi) is 8.64. The lowest BCUT2D eigenvalue weighted by molar-refractivity contribution is -0.138. The summed E-state index contributed by atoms with van der Waals surface area (Å²) in [5, 5.41) is 2.45. The maximum Gasteiger partial charge on any atom is 0.417 e. The number of benzene rings is 1. The van der Waals surface area contributed by atoms with Crippen LogP contribution in [0.25, 0.3) is 11.1 Å². The Bertz CT molecular complexity index is 1710. The molecule has 1 atom stereocenters. The number of aromatic nitrogens is 3. The molecule has 44 heavy (non-hydrogen) atoms.